The summed E-state index contributed by atoms with van der Waals surface area (Å²) in [6, 6.07) is 22.2. The molecule has 28 heavy (non-hydrogen) atoms. The predicted octanol–water partition coefficient (Wildman–Crippen LogP) is 0.762. The molecule has 0 radical (unpaired) electrons. The first-order chi connectivity index (χ1) is 13.5. The van der Waals surface area contributed by atoms with E-state index in [0.29, 0.717) is 0 Å². The van der Waals surface area contributed by atoms with Gasteiger partial charge in [0.05, 0.1) is 22.7 Å². The lowest BCUT2D eigenvalue weighted by atomic mass is 9.95. The summed E-state index contributed by atoms with van der Waals surface area (Å²) in [5, 5.41) is 0. The Morgan fingerprint density at radius 3 is 1.61 bits per heavy atom. The van der Waals surface area contributed by atoms with E-state index in [-0.39, 0.29) is 0 Å². The summed E-state index contributed by atoms with van der Waals surface area (Å²) >= 11 is 0. The van der Waals surface area contributed by atoms with Crippen LogP contribution in [0.1, 0.15) is 0 Å². The van der Waals surface area contributed by atoms with Crippen molar-refractivity contribution in [3.05, 3.63) is 60.7 Å². The standard InChI is InChI=1S/C20H22B4N4/c21-25-9-10-26(22)19-11-13(5-7-15(19)25)14-6-8-18-20(12-14)28(24)17-4-2-1-3-16(17)27(18)23/h1-8,11-12H,9-10,21-24H2. The number of benzene rings is 3. The van der Waals surface area contributed by atoms with Gasteiger partial charge < -0.3 is 19.2 Å². The Labute approximate surface area is 170 Å². The Morgan fingerprint density at radius 2 is 0.964 bits per heavy atom. The van der Waals surface area contributed by atoms with Crippen molar-refractivity contribution < 1.29 is 0 Å². The highest BCUT2D eigenvalue weighted by Gasteiger charge is 2.24. The van der Waals surface area contributed by atoms with Crippen LogP contribution in [-0.4, -0.2) is 45.0 Å². The highest BCUT2D eigenvalue weighted by Crippen LogP contribution is 2.47. The third-order valence-electron chi connectivity index (χ3n) is 6.20. The van der Waals surface area contributed by atoms with Crippen molar-refractivity contribution in [3.8, 4) is 11.1 Å². The second kappa shape index (κ2) is 6.33. The number of fused-ring (bicyclic) bond motifs is 3. The highest BCUT2D eigenvalue weighted by atomic mass is 15.2. The van der Waals surface area contributed by atoms with E-state index in [0.717, 1.165) is 13.1 Å². The highest BCUT2D eigenvalue weighted by molar-refractivity contribution is 6.32. The molecule has 0 unspecified atom stereocenters. The zero-order valence-corrected chi connectivity index (χ0v) is 17.0. The molecule has 0 atom stereocenters. The smallest absolute Gasteiger partial charge is 0.223 e. The first kappa shape index (κ1) is 17.2. The molecule has 2 aliphatic rings. The van der Waals surface area contributed by atoms with Crippen molar-refractivity contribution in [3.63, 3.8) is 0 Å². The van der Waals surface area contributed by atoms with Crippen LogP contribution in [0, 0.1) is 0 Å². The average molecular weight is 362 g/mol. The number of rotatable bonds is 1. The van der Waals surface area contributed by atoms with Crippen LogP contribution in [0.15, 0.2) is 60.7 Å². The maximum atomic E-state index is 2.35. The average Bonchev–Trinajstić information content (AvgIpc) is 2.74. The van der Waals surface area contributed by atoms with Crippen LogP contribution < -0.4 is 19.2 Å². The van der Waals surface area contributed by atoms with Crippen LogP contribution in [0.4, 0.5) is 34.1 Å². The van der Waals surface area contributed by atoms with Gasteiger partial charge in [0.15, 0.2) is 0 Å². The Balaban J connectivity index is 1.60. The monoisotopic (exact) mass is 362 g/mol. The van der Waals surface area contributed by atoms with E-state index in [1.54, 1.807) is 0 Å². The van der Waals surface area contributed by atoms with Crippen molar-refractivity contribution in [2.75, 3.05) is 32.3 Å². The Morgan fingerprint density at radius 1 is 0.500 bits per heavy atom. The van der Waals surface area contributed by atoms with Gasteiger partial charge >= 0.3 is 0 Å². The van der Waals surface area contributed by atoms with E-state index in [9.17, 15) is 0 Å². The summed E-state index contributed by atoms with van der Waals surface area (Å²) in [7, 11) is 8.66. The lowest BCUT2D eigenvalue weighted by molar-refractivity contribution is 0.918. The number of hydrogen-bond acceptors (Lipinski definition) is 4. The summed E-state index contributed by atoms with van der Waals surface area (Å²) in [6.45, 7) is 2.12. The third-order valence-corrected chi connectivity index (χ3v) is 6.20. The van der Waals surface area contributed by atoms with E-state index in [2.05, 4.69) is 112 Å². The Kier molecular flexibility index (Phi) is 3.90. The minimum atomic E-state index is 1.06. The Bertz CT molecular complexity index is 1070. The van der Waals surface area contributed by atoms with E-state index >= 15 is 0 Å². The van der Waals surface area contributed by atoms with E-state index in [4.69, 9.17) is 0 Å². The molecule has 0 N–H and O–H groups in total. The molecule has 3 aromatic rings. The molecule has 134 valence electrons. The van der Waals surface area contributed by atoms with Gasteiger partial charge in [-0.05, 0) is 47.5 Å². The maximum Gasteiger partial charge on any atom is 0.223 e. The van der Waals surface area contributed by atoms with Crippen LogP contribution in [0.3, 0.4) is 0 Å². The molecule has 0 bridgehead atoms. The largest absolute Gasteiger partial charge is 0.419 e. The molecular formula is C20H22B4N4. The summed E-state index contributed by atoms with van der Waals surface area (Å²) in [5.41, 5.74) is 10.1. The zero-order chi connectivity index (χ0) is 19.4. The van der Waals surface area contributed by atoms with Crippen molar-refractivity contribution in [1.29, 1.82) is 0 Å². The summed E-state index contributed by atoms with van der Waals surface area (Å²) < 4.78 is 0. The van der Waals surface area contributed by atoms with Crippen LogP contribution in [-0.2, 0) is 0 Å². The zero-order valence-electron chi connectivity index (χ0n) is 17.0. The summed E-state index contributed by atoms with van der Waals surface area (Å²) in [4.78, 5) is 9.27. The molecule has 2 aliphatic heterocycles. The quantitative estimate of drug-likeness (QED) is 0.593. The van der Waals surface area contributed by atoms with E-state index in [1.165, 1.54) is 45.3 Å². The van der Waals surface area contributed by atoms with Gasteiger partial charge in [-0.15, -0.1) is 0 Å². The van der Waals surface area contributed by atoms with Crippen molar-refractivity contribution in [1.82, 2.24) is 0 Å². The van der Waals surface area contributed by atoms with Gasteiger partial charge in [0, 0.05) is 24.5 Å². The van der Waals surface area contributed by atoms with Crippen LogP contribution >= 0.6 is 0 Å². The maximum absolute atomic E-state index is 2.35. The first-order valence-electron chi connectivity index (χ1n) is 9.82. The second-order valence-corrected chi connectivity index (χ2v) is 7.86. The summed E-state index contributed by atoms with van der Waals surface area (Å²) in [6.07, 6.45) is 0. The number of para-hydroxylation sites is 2. The van der Waals surface area contributed by atoms with Gasteiger partial charge in [0.25, 0.3) is 0 Å². The molecule has 0 aliphatic carbocycles. The first-order valence-corrected chi connectivity index (χ1v) is 9.82. The molecular weight excluding hydrogens is 339 g/mol. The SMILES string of the molecule is BN1CCN(B)c2cc(-c3ccc4c(c3)N(B)c3ccccc3N4B)ccc21. The van der Waals surface area contributed by atoms with E-state index in [1.807, 2.05) is 0 Å². The van der Waals surface area contributed by atoms with Crippen LogP contribution in [0.2, 0.25) is 0 Å². The molecule has 0 amide bonds. The lowest BCUT2D eigenvalue weighted by Crippen LogP contribution is -2.38. The fourth-order valence-electron chi connectivity index (χ4n) is 4.42. The molecule has 2 heterocycles. The fraction of sp³-hybridized carbons (Fsp3) is 0.100. The van der Waals surface area contributed by atoms with Crippen molar-refractivity contribution >= 4 is 66.0 Å². The molecule has 0 saturated carbocycles. The van der Waals surface area contributed by atoms with Gasteiger partial charge in [0.1, 0.15) is 0 Å². The second-order valence-electron chi connectivity index (χ2n) is 7.86. The molecule has 8 heteroatoms. The molecule has 0 saturated heterocycles. The molecule has 4 nitrogen and oxygen atoms in total. The molecule has 3 aromatic carbocycles. The number of anilines is 6. The number of hydrogen-bond donors (Lipinski definition) is 0. The van der Waals surface area contributed by atoms with Crippen molar-refractivity contribution in [2.24, 2.45) is 0 Å². The van der Waals surface area contributed by atoms with Gasteiger partial charge in [-0.1, -0.05) is 24.3 Å². The van der Waals surface area contributed by atoms with Gasteiger partial charge in [-0.2, -0.15) is 0 Å². The van der Waals surface area contributed by atoms with Gasteiger partial charge in [0.2, 0.25) is 31.9 Å². The minimum Gasteiger partial charge on any atom is -0.419 e. The van der Waals surface area contributed by atoms with Crippen LogP contribution in [0.25, 0.3) is 11.1 Å². The van der Waals surface area contributed by atoms with Gasteiger partial charge in [-0.25, -0.2) is 0 Å². The minimum absolute atomic E-state index is 1.06. The number of nitrogens with zero attached hydrogens (tertiary/aromatic N) is 4. The van der Waals surface area contributed by atoms with Crippen LogP contribution in [0.5, 0.6) is 0 Å². The predicted molar refractivity (Wildman–Crippen MR) is 131 cm³/mol. The molecule has 0 fully saturated rings. The lowest BCUT2D eigenvalue weighted by Gasteiger charge is -2.38. The molecule has 0 aromatic heterocycles. The third kappa shape index (κ3) is 2.51. The normalized spacial score (nSPS) is 15.1. The fourth-order valence-corrected chi connectivity index (χ4v) is 4.42. The van der Waals surface area contributed by atoms with Crippen molar-refractivity contribution in [2.45, 2.75) is 0 Å². The molecule has 0 spiro atoms. The van der Waals surface area contributed by atoms with E-state index < -0.39 is 0 Å². The topological polar surface area (TPSA) is 13.0 Å². The van der Waals surface area contributed by atoms with Gasteiger partial charge in [-0.3, -0.25) is 0 Å². The Hall–Kier alpha value is -2.88. The summed E-state index contributed by atoms with van der Waals surface area (Å²) in [5.74, 6) is 0. The molecule has 5 rings (SSSR count).